The molecule has 0 spiro atoms. The van der Waals surface area contributed by atoms with E-state index in [1.807, 2.05) is 37.3 Å². The summed E-state index contributed by atoms with van der Waals surface area (Å²) in [5, 5.41) is 13.2. The molecule has 4 heterocycles. The van der Waals surface area contributed by atoms with Crippen LogP contribution in [0.2, 0.25) is 0 Å². The first kappa shape index (κ1) is 30.1. The Kier molecular flexibility index (Phi) is 8.60. The van der Waals surface area contributed by atoms with Crippen LogP contribution in [0.15, 0.2) is 60.8 Å². The fraction of sp³-hybridized carbons (Fsp3) is 0.457. The van der Waals surface area contributed by atoms with Crippen LogP contribution >= 0.6 is 0 Å². The van der Waals surface area contributed by atoms with Crippen molar-refractivity contribution in [1.82, 2.24) is 19.7 Å². The van der Waals surface area contributed by atoms with E-state index in [-0.39, 0.29) is 11.4 Å². The molecule has 2 aromatic carbocycles. The van der Waals surface area contributed by atoms with E-state index in [0.717, 1.165) is 85.6 Å². The molecule has 6 rings (SSSR count). The topological polar surface area (TPSA) is 87.5 Å². The number of morpholine rings is 1. The molecule has 0 saturated carbocycles. The van der Waals surface area contributed by atoms with Gasteiger partial charge in [-0.2, -0.15) is 5.10 Å². The van der Waals surface area contributed by atoms with Crippen molar-refractivity contribution in [1.29, 1.82) is 0 Å². The Bertz CT molecular complexity index is 1600. The lowest BCUT2D eigenvalue weighted by Gasteiger charge is -2.45. The number of fused-ring (bicyclic) bond motifs is 1. The number of benzene rings is 2. The zero-order valence-corrected chi connectivity index (χ0v) is 26.6. The minimum atomic E-state index is -0.317. The van der Waals surface area contributed by atoms with Crippen LogP contribution in [0.5, 0.6) is 0 Å². The number of urea groups is 1. The second-order valence-corrected chi connectivity index (χ2v) is 13.1. The highest BCUT2D eigenvalue weighted by molar-refractivity contribution is 6.09. The summed E-state index contributed by atoms with van der Waals surface area (Å²) >= 11 is 0. The molecule has 2 aromatic heterocycles. The van der Waals surface area contributed by atoms with Crippen LogP contribution in [-0.4, -0.2) is 70.6 Å². The Morgan fingerprint density at radius 2 is 1.77 bits per heavy atom. The molecule has 2 amide bonds. The van der Waals surface area contributed by atoms with E-state index in [2.05, 4.69) is 77.4 Å². The molecule has 44 heavy (non-hydrogen) atoms. The third-order valence-corrected chi connectivity index (χ3v) is 9.04. The molecular formula is C35H45N7O2. The number of ether oxygens (including phenoxy) is 1. The number of pyridine rings is 1. The highest BCUT2D eigenvalue weighted by Gasteiger charge is 2.32. The minimum absolute atomic E-state index is 0.185. The van der Waals surface area contributed by atoms with Crippen molar-refractivity contribution < 1.29 is 9.53 Å². The molecule has 2 atom stereocenters. The molecule has 2 N–H and O–H groups in total. The highest BCUT2D eigenvalue weighted by atomic mass is 16.5. The van der Waals surface area contributed by atoms with Crippen molar-refractivity contribution in [2.45, 2.75) is 71.4 Å². The predicted molar refractivity (Wildman–Crippen MR) is 178 cm³/mol. The molecule has 4 aromatic rings. The van der Waals surface area contributed by atoms with Gasteiger partial charge >= 0.3 is 6.03 Å². The fourth-order valence-electron chi connectivity index (χ4n) is 6.54. The van der Waals surface area contributed by atoms with Crippen LogP contribution in [0.3, 0.4) is 0 Å². The smallest absolute Gasteiger partial charge is 0.324 e. The summed E-state index contributed by atoms with van der Waals surface area (Å²) in [6.45, 7) is 15.3. The summed E-state index contributed by atoms with van der Waals surface area (Å²) in [5.41, 5.74) is 4.42. The fourth-order valence-corrected chi connectivity index (χ4v) is 6.54. The quantitative estimate of drug-likeness (QED) is 0.256. The third kappa shape index (κ3) is 6.30. The lowest BCUT2D eigenvalue weighted by molar-refractivity contribution is 0.00837. The maximum atomic E-state index is 13.5. The zero-order valence-electron chi connectivity index (χ0n) is 26.6. The van der Waals surface area contributed by atoms with Gasteiger partial charge in [-0.1, -0.05) is 52.0 Å². The third-order valence-electron chi connectivity index (χ3n) is 9.04. The van der Waals surface area contributed by atoms with Crippen molar-refractivity contribution in [3.63, 3.8) is 0 Å². The first-order chi connectivity index (χ1) is 21.2. The number of nitrogens with zero attached hydrogens (tertiary/aromatic N) is 5. The van der Waals surface area contributed by atoms with Gasteiger partial charge in [0.25, 0.3) is 0 Å². The zero-order chi connectivity index (χ0) is 30.8. The van der Waals surface area contributed by atoms with Gasteiger partial charge in [-0.05, 0) is 50.5 Å². The average Bonchev–Trinajstić information content (AvgIpc) is 3.46. The summed E-state index contributed by atoms with van der Waals surface area (Å²) in [6.07, 6.45) is 5.18. The average molecular weight is 596 g/mol. The van der Waals surface area contributed by atoms with Crippen molar-refractivity contribution in [3.05, 3.63) is 72.2 Å². The lowest BCUT2D eigenvalue weighted by Crippen LogP contribution is -2.52. The number of hydrogen-bond donors (Lipinski definition) is 2. The molecule has 0 bridgehead atoms. The molecule has 2 saturated heterocycles. The van der Waals surface area contributed by atoms with Crippen LogP contribution < -0.4 is 15.5 Å². The molecular weight excluding hydrogens is 550 g/mol. The maximum absolute atomic E-state index is 13.5. The Morgan fingerprint density at radius 1 is 1.00 bits per heavy atom. The number of nitrogens with one attached hydrogen (secondary N) is 2. The van der Waals surface area contributed by atoms with Crippen molar-refractivity contribution in [2.24, 2.45) is 0 Å². The SMILES string of the molecule is CCC1CC(N2CCOCC2)CCN1c1ccc(NC(=O)Nc2cc(C(C)(C)C)nn2-c2ccc(C)nc2)c2ccccc12. The molecule has 9 heteroatoms. The number of piperidine rings is 1. The Balaban J connectivity index is 1.24. The molecule has 2 aliphatic rings. The highest BCUT2D eigenvalue weighted by Crippen LogP contribution is 2.37. The molecule has 0 aliphatic carbocycles. The van der Waals surface area contributed by atoms with Gasteiger partial charge in [-0.25, -0.2) is 9.48 Å². The van der Waals surface area contributed by atoms with Crippen LogP contribution in [0.1, 0.15) is 58.3 Å². The second-order valence-electron chi connectivity index (χ2n) is 13.1. The van der Waals surface area contributed by atoms with Crippen LogP contribution in [0.4, 0.5) is 22.0 Å². The van der Waals surface area contributed by atoms with Crippen LogP contribution in [-0.2, 0) is 10.2 Å². The molecule has 232 valence electrons. The summed E-state index contributed by atoms with van der Waals surface area (Å²) in [5.74, 6) is 0.591. The number of rotatable bonds is 6. The minimum Gasteiger partial charge on any atom is -0.379 e. The molecule has 2 fully saturated rings. The number of hydrogen-bond acceptors (Lipinski definition) is 6. The standard InChI is InChI=1S/C35H45N7O2/c1-6-25-21-26(40-17-19-44-20-18-40)15-16-41(25)31-14-13-30(28-9-7-8-10-29(28)31)37-34(43)38-33-22-32(35(3,4)5)39-42(33)27-12-11-24(2)36-23-27/h7-14,22-23,25-26H,6,15-21H2,1-5H3,(H2,37,38,43). The molecule has 2 unspecified atom stereocenters. The largest absolute Gasteiger partial charge is 0.379 e. The van der Waals surface area contributed by atoms with Gasteiger partial charge in [0.1, 0.15) is 5.82 Å². The van der Waals surface area contributed by atoms with E-state index >= 15 is 0 Å². The molecule has 2 aliphatic heterocycles. The Labute approximate surface area is 260 Å². The van der Waals surface area contributed by atoms with Crippen molar-refractivity contribution >= 4 is 34.0 Å². The number of carbonyl (C=O) groups is 1. The lowest BCUT2D eigenvalue weighted by atomic mass is 9.92. The molecule has 9 nitrogen and oxygen atoms in total. The Morgan fingerprint density at radius 3 is 2.48 bits per heavy atom. The number of aryl methyl sites for hydroxylation is 1. The first-order valence-electron chi connectivity index (χ1n) is 15.9. The number of anilines is 3. The van der Waals surface area contributed by atoms with Crippen LogP contribution in [0.25, 0.3) is 16.5 Å². The predicted octanol–water partition coefficient (Wildman–Crippen LogP) is 6.75. The first-order valence-corrected chi connectivity index (χ1v) is 15.9. The number of amides is 2. The second kappa shape index (κ2) is 12.6. The van der Waals surface area contributed by atoms with E-state index in [4.69, 9.17) is 9.84 Å². The maximum Gasteiger partial charge on any atom is 0.324 e. The van der Waals surface area contributed by atoms with Gasteiger partial charge in [0.2, 0.25) is 0 Å². The summed E-state index contributed by atoms with van der Waals surface area (Å²) in [4.78, 5) is 23.1. The summed E-state index contributed by atoms with van der Waals surface area (Å²) in [7, 11) is 0. The monoisotopic (exact) mass is 595 g/mol. The van der Waals surface area contributed by atoms with E-state index in [0.29, 0.717) is 17.9 Å². The van der Waals surface area contributed by atoms with E-state index in [1.54, 1.807) is 10.9 Å². The Hall–Kier alpha value is -3.95. The van der Waals surface area contributed by atoms with Gasteiger partial charge in [-0.3, -0.25) is 15.2 Å². The van der Waals surface area contributed by atoms with Gasteiger partial charge in [0.15, 0.2) is 0 Å². The van der Waals surface area contributed by atoms with Gasteiger partial charge < -0.3 is 15.0 Å². The van der Waals surface area contributed by atoms with Crippen LogP contribution in [0, 0.1) is 6.92 Å². The normalized spacial score (nSPS) is 19.7. The summed E-state index contributed by atoms with van der Waals surface area (Å²) in [6, 6.07) is 19.2. The van der Waals surface area contributed by atoms with Crippen molar-refractivity contribution in [2.75, 3.05) is 48.4 Å². The number of carbonyl (C=O) groups excluding carboxylic acids is 1. The van der Waals surface area contributed by atoms with Gasteiger partial charge in [0, 0.05) is 65.4 Å². The number of aromatic nitrogens is 3. The van der Waals surface area contributed by atoms with Gasteiger partial charge in [-0.15, -0.1) is 0 Å². The van der Waals surface area contributed by atoms with E-state index in [9.17, 15) is 4.79 Å². The van der Waals surface area contributed by atoms with Gasteiger partial charge in [0.05, 0.1) is 36.5 Å². The van der Waals surface area contributed by atoms with E-state index < -0.39 is 0 Å². The summed E-state index contributed by atoms with van der Waals surface area (Å²) < 4.78 is 7.35. The molecule has 0 radical (unpaired) electrons. The van der Waals surface area contributed by atoms with E-state index in [1.165, 1.54) is 5.69 Å². The van der Waals surface area contributed by atoms with Crippen molar-refractivity contribution in [3.8, 4) is 5.69 Å².